The van der Waals surface area contributed by atoms with Crippen molar-refractivity contribution in [1.82, 2.24) is 9.80 Å². The fourth-order valence-electron chi connectivity index (χ4n) is 2.42. The number of cyclic esters (lactones) is 1. The Balaban J connectivity index is 0.000000220. The fourth-order valence-corrected chi connectivity index (χ4v) is 4.55. The lowest BCUT2D eigenvalue weighted by atomic mass is 10.1. The van der Waals surface area contributed by atoms with Gasteiger partial charge in [0.05, 0.1) is 10.2 Å². The first-order valence-electron chi connectivity index (χ1n) is 7.04. The smallest absolute Gasteiger partial charge is 0.401 e. The largest absolute Gasteiger partial charge is 0.416 e. The molecule has 2 fully saturated rings. The number of thiocarbonyl (C=S) groups is 2. The third-order valence-electron chi connectivity index (χ3n) is 3.53. The zero-order chi connectivity index (χ0) is 17.2. The number of carbonyl (C=O) groups excluding carboxylic acids is 2. The van der Waals surface area contributed by atoms with E-state index in [1.54, 1.807) is 19.0 Å². The highest BCUT2D eigenvalue weighted by molar-refractivity contribution is 8.33. The van der Waals surface area contributed by atoms with Crippen molar-refractivity contribution in [3.8, 4) is 0 Å². The van der Waals surface area contributed by atoms with Crippen molar-refractivity contribution in [2.45, 2.75) is 39.8 Å². The van der Waals surface area contributed by atoms with E-state index < -0.39 is 0 Å². The molecule has 0 N–H and O–H groups in total. The summed E-state index contributed by atoms with van der Waals surface area (Å²) < 4.78 is 5.58. The Labute approximate surface area is 146 Å². The van der Waals surface area contributed by atoms with Crippen molar-refractivity contribution in [2.75, 3.05) is 14.1 Å². The normalized spacial score (nSPS) is 25.1. The molecule has 0 bridgehead atoms. The van der Waals surface area contributed by atoms with E-state index in [1.807, 2.05) is 13.8 Å². The average Bonchev–Trinajstić information content (AvgIpc) is 2.77. The van der Waals surface area contributed by atoms with Gasteiger partial charge in [-0.15, -0.1) is 0 Å². The summed E-state index contributed by atoms with van der Waals surface area (Å²) in [5.41, 5.74) is 0. The summed E-state index contributed by atoms with van der Waals surface area (Å²) in [6, 6.07) is 0.125. The van der Waals surface area contributed by atoms with E-state index in [0.29, 0.717) is 16.9 Å². The van der Waals surface area contributed by atoms with Gasteiger partial charge in [0, 0.05) is 14.1 Å². The molecule has 124 valence electrons. The highest BCUT2D eigenvalue weighted by Crippen LogP contribution is 2.29. The monoisotopic (exact) mass is 362 g/mol. The third kappa shape index (κ3) is 4.17. The Morgan fingerprint density at radius 3 is 1.68 bits per heavy atom. The minimum atomic E-state index is -0.339. The van der Waals surface area contributed by atoms with Crippen molar-refractivity contribution in [2.24, 2.45) is 11.8 Å². The van der Waals surface area contributed by atoms with Crippen LogP contribution in [0.15, 0.2) is 0 Å². The van der Waals surface area contributed by atoms with Gasteiger partial charge >= 0.3 is 6.09 Å². The van der Waals surface area contributed by atoms with Gasteiger partial charge in [-0.05, 0) is 35.8 Å². The van der Waals surface area contributed by atoms with Gasteiger partial charge in [-0.3, -0.25) is 9.69 Å². The Kier molecular flexibility index (Phi) is 6.76. The Morgan fingerprint density at radius 2 is 1.50 bits per heavy atom. The molecule has 0 aliphatic carbocycles. The van der Waals surface area contributed by atoms with Crippen LogP contribution in [0, 0.1) is 11.8 Å². The highest BCUT2D eigenvalue weighted by Gasteiger charge is 2.37. The van der Waals surface area contributed by atoms with E-state index in [-0.39, 0.29) is 23.4 Å². The Morgan fingerprint density at radius 1 is 1.00 bits per heavy atom. The number of likely N-dealkylation sites (N-methyl/N-ethyl adjacent to an activating group) is 1. The molecule has 0 aromatic rings. The molecule has 0 aromatic heterocycles. The van der Waals surface area contributed by atoms with Crippen LogP contribution < -0.4 is 0 Å². The average molecular weight is 363 g/mol. The van der Waals surface area contributed by atoms with Gasteiger partial charge in [-0.1, -0.05) is 39.9 Å². The predicted molar refractivity (Wildman–Crippen MR) is 97.4 cm³/mol. The SMILES string of the molecule is CC(C)C1C(=S)OC(=O)N1C.CC(C)C1C(=S)SC(=O)N1C. The van der Waals surface area contributed by atoms with Gasteiger partial charge in [0.2, 0.25) is 0 Å². The molecule has 2 aliphatic heterocycles. The number of nitrogens with zero attached hydrogens (tertiary/aromatic N) is 2. The molecule has 2 unspecified atom stereocenters. The van der Waals surface area contributed by atoms with Crippen molar-refractivity contribution >= 4 is 56.8 Å². The molecule has 0 saturated carbocycles. The fraction of sp³-hybridized carbons (Fsp3) is 0.714. The molecule has 0 aromatic carbocycles. The number of ether oxygens (including phenoxy) is 1. The van der Waals surface area contributed by atoms with Crippen molar-refractivity contribution in [1.29, 1.82) is 0 Å². The van der Waals surface area contributed by atoms with Crippen molar-refractivity contribution in [3.05, 3.63) is 0 Å². The Bertz CT molecular complexity index is 450. The minimum absolute atomic E-state index is 0.0301. The summed E-state index contributed by atoms with van der Waals surface area (Å²) in [5, 5.41) is 0.473. The number of rotatable bonds is 2. The molecule has 0 radical (unpaired) electrons. The maximum Gasteiger partial charge on any atom is 0.416 e. The van der Waals surface area contributed by atoms with E-state index in [1.165, 1.54) is 16.7 Å². The van der Waals surface area contributed by atoms with Gasteiger partial charge in [-0.2, -0.15) is 0 Å². The number of hydrogen-bond donors (Lipinski definition) is 0. The summed E-state index contributed by atoms with van der Waals surface area (Å²) in [4.78, 5) is 25.3. The maximum absolute atomic E-state index is 11.1. The number of thioether (sulfide) groups is 1. The first kappa shape index (κ1) is 19.3. The quantitative estimate of drug-likeness (QED) is 0.700. The molecule has 2 rings (SSSR count). The van der Waals surface area contributed by atoms with Gasteiger partial charge in [0.1, 0.15) is 6.04 Å². The number of amides is 2. The maximum atomic E-state index is 11.1. The second kappa shape index (κ2) is 7.70. The summed E-state index contributed by atoms with van der Waals surface area (Å²) in [7, 11) is 3.51. The van der Waals surface area contributed by atoms with Crippen LogP contribution in [-0.4, -0.2) is 56.6 Å². The van der Waals surface area contributed by atoms with Crippen LogP contribution in [0.3, 0.4) is 0 Å². The zero-order valence-corrected chi connectivity index (χ0v) is 16.1. The summed E-state index contributed by atoms with van der Waals surface area (Å²) in [6.45, 7) is 8.17. The molecule has 22 heavy (non-hydrogen) atoms. The van der Waals surface area contributed by atoms with E-state index in [0.717, 1.165) is 4.20 Å². The third-order valence-corrected chi connectivity index (χ3v) is 5.25. The van der Waals surface area contributed by atoms with Crippen LogP contribution in [0.2, 0.25) is 0 Å². The Hall–Kier alpha value is -0.730. The lowest BCUT2D eigenvalue weighted by Crippen LogP contribution is -2.35. The standard InChI is InChI=1S/C7H11NO2S.C7H11NOS2/c1-4(2)5-6(11)10-7(9)8(5)3;1-4(2)5-6(10)11-7(9)8(5)3/h2*4-5H,1-3H3. The molecule has 5 nitrogen and oxygen atoms in total. The van der Waals surface area contributed by atoms with Crippen molar-refractivity contribution < 1.29 is 14.3 Å². The van der Waals surface area contributed by atoms with Gasteiger partial charge in [-0.25, -0.2) is 4.79 Å². The van der Waals surface area contributed by atoms with Gasteiger partial charge < -0.3 is 9.64 Å². The second-order valence-electron chi connectivity index (χ2n) is 5.97. The van der Waals surface area contributed by atoms with Crippen molar-refractivity contribution in [3.63, 3.8) is 0 Å². The number of carbonyl (C=O) groups is 2. The lowest BCUT2D eigenvalue weighted by Gasteiger charge is -2.21. The molecule has 2 aliphatic rings. The first-order valence-corrected chi connectivity index (χ1v) is 8.68. The van der Waals surface area contributed by atoms with E-state index in [4.69, 9.17) is 29.2 Å². The predicted octanol–water partition coefficient (Wildman–Crippen LogP) is 3.56. The molecule has 2 atom stereocenters. The van der Waals surface area contributed by atoms with Crippen LogP contribution >= 0.6 is 36.2 Å². The van der Waals surface area contributed by atoms with E-state index in [9.17, 15) is 9.59 Å². The number of hydrogen-bond acceptors (Lipinski definition) is 6. The van der Waals surface area contributed by atoms with Gasteiger partial charge in [0.15, 0.2) is 5.05 Å². The minimum Gasteiger partial charge on any atom is -0.401 e. The van der Waals surface area contributed by atoms with Crippen LogP contribution in [0.1, 0.15) is 27.7 Å². The molecular weight excluding hydrogens is 340 g/mol. The highest BCUT2D eigenvalue weighted by atomic mass is 32.2. The molecule has 0 spiro atoms. The first-order chi connectivity index (χ1) is 10.1. The zero-order valence-electron chi connectivity index (χ0n) is 13.7. The summed E-state index contributed by atoms with van der Waals surface area (Å²) in [6.07, 6.45) is -0.339. The molecule has 2 saturated heterocycles. The van der Waals surface area contributed by atoms with E-state index >= 15 is 0 Å². The summed E-state index contributed by atoms with van der Waals surface area (Å²) >= 11 is 11.1. The summed E-state index contributed by atoms with van der Waals surface area (Å²) in [5.74, 6) is 0.741. The molecule has 2 amide bonds. The molecule has 8 heteroatoms. The van der Waals surface area contributed by atoms with Crippen LogP contribution in [0.5, 0.6) is 0 Å². The van der Waals surface area contributed by atoms with Gasteiger partial charge in [0.25, 0.3) is 5.24 Å². The topological polar surface area (TPSA) is 49.9 Å². The van der Waals surface area contributed by atoms with Crippen LogP contribution in [0.25, 0.3) is 0 Å². The van der Waals surface area contributed by atoms with Crippen LogP contribution in [-0.2, 0) is 4.74 Å². The van der Waals surface area contributed by atoms with E-state index in [2.05, 4.69) is 13.8 Å². The molecule has 2 heterocycles. The molecular formula is C14H22N2O3S3. The second-order valence-corrected chi connectivity index (χ2v) is 8.07. The van der Waals surface area contributed by atoms with Crippen LogP contribution in [0.4, 0.5) is 9.59 Å². The lowest BCUT2D eigenvalue weighted by molar-refractivity contribution is 0.175.